The van der Waals surface area contributed by atoms with E-state index in [2.05, 4.69) is 40.0 Å². The van der Waals surface area contributed by atoms with Crippen LogP contribution in [0, 0.1) is 0 Å². The summed E-state index contributed by atoms with van der Waals surface area (Å²) in [6.45, 7) is 4.83. The SMILES string of the molecule is CCC(CC)N(CCO)c1cc2c(cc1Br)C(O)C(=O)N2. The number of halogens is 1. The highest BCUT2D eigenvalue weighted by Gasteiger charge is 2.30. The second kappa shape index (κ2) is 6.77. The molecule has 0 saturated heterocycles. The predicted octanol–water partition coefficient (Wildman–Crippen LogP) is 2.42. The number of nitrogens with one attached hydrogen (secondary N) is 1. The van der Waals surface area contributed by atoms with Crippen molar-refractivity contribution in [2.24, 2.45) is 0 Å². The fourth-order valence-electron chi connectivity index (χ4n) is 2.81. The molecule has 1 aromatic carbocycles. The summed E-state index contributed by atoms with van der Waals surface area (Å²) in [6, 6.07) is 3.95. The van der Waals surface area contributed by atoms with Crippen LogP contribution >= 0.6 is 15.9 Å². The zero-order valence-electron chi connectivity index (χ0n) is 12.3. The van der Waals surface area contributed by atoms with E-state index < -0.39 is 12.0 Å². The summed E-state index contributed by atoms with van der Waals surface area (Å²) in [4.78, 5) is 13.7. The third-order valence-electron chi connectivity index (χ3n) is 3.95. The summed E-state index contributed by atoms with van der Waals surface area (Å²) in [5.41, 5.74) is 2.15. The van der Waals surface area contributed by atoms with E-state index in [4.69, 9.17) is 0 Å². The van der Waals surface area contributed by atoms with Gasteiger partial charge in [-0.05, 0) is 40.9 Å². The highest BCUT2D eigenvalue weighted by Crippen LogP contribution is 2.39. The lowest BCUT2D eigenvalue weighted by Crippen LogP contribution is -2.37. The standard InChI is InChI=1S/C15H21BrN2O3/c1-3-9(4-2)18(5-6-19)13-8-12-10(7-11(13)16)14(20)15(21)17-12/h7-9,14,19-20H,3-6H2,1-2H3,(H,17,21). The van der Waals surface area contributed by atoms with Gasteiger partial charge in [0.15, 0.2) is 6.10 Å². The minimum absolute atomic E-state index is 0.0645. The fourth-order valence-corrected chi connectivity index (χ4v) is 3.40. The Bertz CT molecular complexity index is 532. The van der Waals surface area contributed by atoms with Gasteiger partial charge in [-0.2, -0.15) is 0 Å². The van der Waals surface area contributed by atoms with Crippen LogP contribution in [-0.2, 0) is 4.79 Å². The van der Waals surface area contributed by atoms with E-state index in [1.807, 2.05) is 6.07 Å². The predicted molar refractivity (Wildman–Crippen MR) is 86.5 cm³/mol. The van der Waals surface area contributed by atoms with Gasteiger partial charge >= 0.3 is 0 Å². The number of carbonyl (C=O) groups excluding carboxylic acids is 1. The van der Waals surface area contributed by atoms with E-state index >= 15 is 0 Å². The average molecular weight is 357 g/mol. The van der Waals surface area contributed by atoms with Crippen molar-refractivity contribution < 1.29 is 15.0 Å². The average Bonchev–Trinajstić information content (AvgIpc) is 2.74. The number of hydrogen-bond donors (Lipinski definition) is 3. The monoisotopic (exact) mass is 356 g/mol. The molecule has 2 rings (SSSR count). The van der Waals surface area contributed by atoms with Gasteiger partial charge in [-0.1, -0.05) is 13.8 Å². The third kappa shape index (κ3) is 3.07. The maximum atomic E-state index is 11.6. The molecule has 21 heavy (non-hydrogen) atoms. The van der Waals surface area contributed by atoms with Crippen molar-refractivity contribution in [3.8, 4) is 0 Å². The van der Waals surface area contributed by atoms with Gasteiger partial charge in [0, 0.05) is 28.3 Å². The van der Waals surface area contributed by atoms with E-state index in [0.29, 0.717) is 23.8 Å². The van der Waals surface area contributed by atoms with Crippen molar-refractivity contribution >= 4 is 33.2 Å². The molecule has 0 radical (unpaired) electrons. The zero-order chi connectivity index (χ0) is 15.6. The van der Waals surface area contributed by atoms with Crippen LogP contribution in [0.1, 0.15) is 38.4 Å². The molecule has 0 saturated carbocycles. The van der Waals surface area contributed by atoms with Gasteiger partial charge in [0.25, 0.3) is 5.91 Å². The summed E-state index contributed by atoms with van der Waals surface area (Å²) in [6.07, 6.45) is 0.828. The molecule has 116 valence electrons. The lowest BCUT2D eigenvalue weighted by atomic mass is 10.1. The molecular formula is C15H21BrN2O3. The first-order valence-electron chi connectivity index (χ1n) is 7.23. The molecule has 1 aliphatic rings. The molecule has 3 N–H and O–H groups in total. The molecule has 0 aliphatic carbocycles. The first kappa shape index (κ1) is 16.3. The van der Waals surface area contributed by atoms with E-state index in [1.165, 1.54) is 0 Å². The van der Waals surface area contributed by atoms with Crippen LogP contribution in [0.3, 0.4) is 0 Å². The molecule has 5 nitrogen and oxygen atoms in total. The molecule has 1 amide bonds. The molecule has 0 fully saturated rings. The topological polar surface area (TPSA) is 72.8 Å². The number of anilines is 2. The van der Waals surface area contributed by atoms with Crippen LogP contribution in [0.5, 0.6) is 0 Å². The Morgan fingerprint density at radius 2 is 2.05 bits per heavy atom. The number of aliphatic hydroxyl groups is 2. The Balaban J connectivity index is 2.43. The molecule has 0 aromatic heterocycles. The number of hydrogen-bond acceptors (Lipinski definition) is 4. The number of carbonyl (C=O) groups is 1. The van der Waals surface area contributed by atoms with Crippen LogP contribution in [0.15, 0.2) is 16.6 Å². The molecule has 1 atom stereocenters. The van der Waals surface area contributed by atoms with E-state index in [9.17, 15) is 15.0 Å². The van der Waals surface area contributed by atoms with E-state index in [1.54, 1.807) is 6.07 Å². The van der Waals surface area contributed by atoms with Gasteiger partial charge in [0.2, 0.25) is 0 Å². The lowest BCUT2D eigenvalue weighted by molar-refractivity contribution is -0.123. The van der Waals surface area contributed by atoms with Crippen molar-refractivity contribution in [1.82, 2.24) is 0 Å². The first-order chi connectivity index (χ1) is 10.0. The van der Waals surface area contributed by atoms with Gasteiger partial charge in [-0.25, -0.2) is 0 Å². The smallest absolute Gasteiger partial charge is 0.257 e. The molecule has 1 heterocycles. The van der Waals surface area contributed by atoms with Crippen LogP contribution in [0.2, 0.25) is 0 Å². The van der Waals surface area contributed by atoms with Crippen molar-refractivity contribution in [3.63, 3.8) is 0 Å². The van der Waals surface area contributed by atoms with Crippen molar-refractivity contribution in [3.05, 3.63) is 22.2 Å². The third-order valence-corrected chi connectivity index (χ3v) is 4.59. The highest BCUT2D eigenvalue weighted by atomic mass is 79.9. The first-order valence-corrected chi connectivity index (χ1v) is 8.02. The number of nitrogens with zero attached hydrogens (tertiary/aromatic N) is 1. The van der Waals surface area contributed by atoms with Crippen LogP contribution in [0.25, 0.3) is 0 Å². The van der Waals surface area contributed by atoms with Crippen LogP contribution in [0.4, 0.5) is 11.4 Å². The number of aliphatic hydroxyl groups excluding tert-OH is 2. The largest absolute Gasteiger partial charge is 0.395 e. The van der Waals surface area contributed by atoms with E-state index in [0.717, 1.165) is 23.0 Å². The van der Waals surface area contributed by atoms with Gasteiger partial charge in [0.05, 0.1) is 12.3 Å². The Morgan fingerprint density at radius 1 is 1.38 bits per heavy atom. The van der Waals surface area contributed by atoms with Gasteiger partial charge in [0.1, 0.15) is 0 Å². The fraction of sp³-hybridized carbons (Fsp3) is 0.533. The summed E-state index contributed by atoms with van der Waals surface area (Å²) in [5, 5.41) is 21.8. The summed E-state index contributed by atoms with van der Waals surface area (Å²) >= 11 is 3.52. The molecule has 6 heteroatoms. The lowest BCUT2D eigenvalue weighted by Gasteiger charge is -2.33. The molecule has 1 unspecified atom stereocenters. The Labute approximate surface area is 133 Å². The summed E-state index contributed by atoms with van der Waals surface area (Å²) in [5.74, 6) is -0.398. The highest BCUT2D eigenvalue weighted by molar-refractivity contribution is 9.10. The van der Waals surface area contributed by atoms with Gasteiger partial charge in [-0.15, -0.1) is 0 Å². The summed E-state index contributed by atoms with van der Waals surface area (Å²) < 4.78 is 0.817. The Hall–Kier alpha value is -1.11. The van der Waals surface area contributed by atoms with Crippen molar-refractivity contribution in [2.75, 3.05) is 23.4 Å². The van der Waals surface area contributed by atoms with Crippen molar-refractivity contribution in [1.29, 1.82) is 0 Å². The molecule has 0 bridgehead atoms. The minimum Gasteiger partial charge on any atom is -0.395 e. The maximum Gasteiger partial charge on any atom is 0.257 e. The van der Waals surface area contributed by atoms with E-state index in [-0.39, 0.29) is 6.61 Å². The summed E-state index contributed by atoms with van der Waals surface area (Å²) in [7, 11) is 0. The van der Waals surface area contributed by atoms with Gasteiger partial charge in [-0.3, -0.25) is 4.79 Å². The molecule has 1 aliphatic heterocycles. The number of rotatable bonds is 6. The second-order valence-electron chi connectivity index (χ2n) is 5.17. The van der Waals surface area contributed by atoms with Gasteiger partial charge < -0.3 is 20.4 Å². The maximum absolute atomic E-state index is 11.6. The second-order valence-corrected chi connectivity index (χ2v) is 6.02. The Kier molecular flexibility index (Phi) is 5.24. The number of benzene rings is 1. The number of amides is 1. The normalized spacial score (nSPS) is 17.0. The molecule has 1 aromatic rings. The van der Waals surface area contributed by atoms with Crippen LogP contribution < -0.4 is 10.2 Å². The van der Waals surface area contributed by atoms with Crippen molar-refractivity contribution in [2.45, 2.75) is 38.8 Å². The zero-order valence-corrected chi connectivity index (χ0v) is 13.9. The quantitative estimate of drug-likeness (QED) is 0.731. The molecular weight excluding hydrogens is 336 g/mol. The molecule has 0 spiro atoms. The Morgan fingerprint density at radius 3 is 2.62 bits per heavy atom. The minimum atomic E-state index is -1.11. The van der Waals surface area contributed by atoms with Crippen LogP contribution in [-0.4, -0.2) is 35.3 Å². The number of fused-ring (bicyclic) bond motifs is 1.